The van der Waals surface area contributed by atoms with Crippen molar-refractivity contribution in [2.75, 3.05) is 79.3 Å². The summed E-state index contributed by atoms with van der Waals surface area (Å²) in [4.78, 5) is 34.3. The summed E-state index contributed by atoms with van der Waals surface area (Å²) in [5.74, 6) is 0. The largest absolute Gasteiger partial charge is 0.328 e. The topological polar surface area (TPSA) is 139 Å². The van der Waals surface area contributed by atoms with Crippen molar-refractivity contribution in [2.45, 2.75) is 160 Å². The van der Waals surface area contributed by atoms with E-state index in [2.05, 4.69) is 83.1 Å². The van der Waals surface area contributed by atoms with Gasteiger partial charge in [0.15, 0.2) is 0 Å². The van der Waals surface area contributed by atoms with Crippen LogP contribution >= 0.6 is 49.9 Å². The van der Waals surface area contributed by atoms with E-state index in [1.807, 2.05) is 4.60 Å². The number of hydrogen-bond donors (Lipinski definition) is 0. The molecule has 0 radical (unpaired) electrons. The second-order valence-corrected chi connectivity index (χ2v) is 24.3. The minimum Gasteiger partial charge on any atom is -0.328 e. The molecule has 0 amide bonds. The third-order valence-electron chi connectivity index (χ3n) is 6.76. The molecule has 0 fully saturated rings. The number of rotatable bonds is 36. The molecule has 0 bridgehead atoms. The van der Waals surface area contributed by atoms with E-state index in [-0.39, 0.29) is 0 Å². The second kappa shape index (κ2) is 38.8. The van der Waals surface area contributed by atoms with E-state index in [1.165, 1.54) is 0 Å². The van der Waals surface area contributed by atoms with Crippen LogP contribution in [0.2, 0.25) is 0 Å². The normalized spacial score (nSPS) is 23.2. The Labute approximate surface area is 371 Å². The van der Waals surface area contributed by atoms with Gasteiger partial charge in [-0.25, -0.2) is 0 Å². The van der Waals surface area contributed by atoms with Gasteiger partial charge in [-0.2, -0.15) is 4.52 Å². The number of hydrogen-bond acceptors (Lipinski definition) is 18. The smallest absolute Gasteiger partial charge is 0.328 e. The van der Waals surface area contributed by atoms with Crippen LogP contribution in [0.25, 0.3) is 0 Å². The first-order valence-corrected chi connectivity index (χ1v) is 29.9. The minimum atomic E-state index is -3.70. The van der Waals surface area contributed by atoms with Crippen molar-refractivity contribution in [1.29, 1.82) is 0 Å². The summed E-state index contributed by atoms with van der Waals surface area (Å²) in [7, 11) is -13.9. The summed E-state index contributed by atoms with van der Waals surface area (Å²) in [6.07, 6.45) is 8.58. The van der Waals surface area contributed by atoms with Gasteiger partial charge in [-0.15, -0.1) is 0 Å². The fourth-order valence-corrected chi connectivity index (χ4v) is 19.9. The lowest BCUT2D eigenvalue weighted by atomic mass is 10.5. The Morgan fingerprint density at radius 3 is 0.967 bits per heavy atom. The Kier molecular flexibility index (Phi) is 38.6. The fourth-order valence-electron chi connectivity index (χ4n) is 4.11. The van der Waals surface area contributed by atoms with Crippen molar-refractivity contribution < 1.29 is 55.9 Å². The highest BCUT2D eigenvalue weighted by Crippen LogP contribution is 2.80. The van der Waals surface area contributed by atoms with Crippen LogP contribution in [-0.2, 0) is 55.9 Å². The molecule has 0 aromatic heterocycles. The maximum Gasteiger partial charge on any atom is 0.328 e. The summed E-state index contributed by atoms with van der Waals surface area (Å²) >= 11 is 0. The van der Waals surface area contributed by atoms with Gasteiger partial charge in [-0.05, 0) is 81.7 Å². The van der Waals surface area contributed by atoms with Crippen molar-refractivity contribution in [3.63, 3.8) is 0 Å². The van der Waals surface area contributed by atoms with Gasteiger partial charge in [0.2, 0.25) is 0 Å². The van der Waals surface area contributed by atoms with Crippen molar-refractivity contribution in [3.8, 4) is 0 Å². The van der Waals surface area contributed by atoms with Crippen LogP contribution in [0.1, 0.15) is 160 Å². The van der Waals surface area contributed by atoms with Crippen LogP contribution in [0.3, 0.4) is 0 Å². The van der Waals surface area contributed by atoms with Crippen LogP contribution in [0.4, 0.5) is 0 Å². The molecule has 60 heavy (non-hydrogen) atoms. The molecule has 0 saturated carbocycles. The Morgan fingerprint density at radius 2 is 0.600 bits per heavy atom. The zero-order chi connectivity index (χ0) is 44.4. The third-order valence-corrected chi connectivity index (χ3v) is 20.4. The summed E-state index contributed by atoms with van der Waals surface area (Å²) in [5, 5.41) is 0. The van der Waals surface area contributed by atoms with E-state index < -0.39 is 49.9 Å². The molecule has 0 aliphatic carbocycles. The maximum absolute atomic E-state index is 7.01. The van der Waals surface area contributed by atoms with Crippen LogP contribution in [-0.4, -0.2) is 102 Å². The van der Waals surface area contributed by atoms with E-state index in [0.29, 0.717) is 111 Å². The number of nitrogens with zero attached hydrogens (tertiary/aromatic N) is 6. The summed E-state index contributed by atoms with van der Waals surface area (Å²) < 4.78 is 63.1. The maximum atomic E-state index is 7.01. The first-order valence-electron chi connectivity index (χ1n) is 22.5. The Bertz CT molecular complexity index is 1050. The van der Waals surface area contributed by atoms with Crippen molar-refractivity contribution in [1.82, 2.24) is 23.0 Å². The molecular weight excluding hydrogens is 894 g/mol. The van der Waals surface area contributed by atoms with Gasteiger partial charge in [0.05, 0.1) is 79.3 Å². The quantitative estimate of drug-likeness (QED) is 0.0549. The van der Waals surface area contributed by atoms with Crippen molar-refractivity contribution >= 4 is 49.9 Å². The summed E-state index contributed by atoms with van der Waals surface area (Å²) in [6.45, 7) is 29.1. The zero-order valence-corrected chi connectivity index (χ0v) is 44.6. The van der Waals surface area contributed by atoms with E-state index in [9.17, 15) is 0 Å². The molecule has 0 aromatic carbocycles. The monoisotopic (exact) mass is 978 g/mol. The van der Waals surface area contributed by atoms with Gasteiger partial charge in [0, 0.05) is 0 Å². The molecule has 5 atom stereocenters. The highest BCUT2D eigenvalue weighted by atomic mass is 31.3. The summed E-state index contributed by atoms with van der Waals surface area (Å²) in [5.41, 5.74) is 0. The lowest BCUT2D eigenvalue weighted by Gasteiger charge is -2.48. The highest BCUT2D eigenvalue weighted by molar-refractivity contribution is 7.78. The van der Waals surface area contributed by atoms with Crippen molar-refractivity contribution in [3.05, 3.63) is 0 Å². The van der Waals surface area contributed by atoms with Gasteiger partial charge in [0.25, 0.3) is 42.2 Å². The molecule has 18 nitrogen and oxygen atoms in total. The van der Waals surface area contributed by atoms with Gasteiger partial charge in [-0.1, -0.05) is 102 Å². The average molecular weight is 979 g/mol. The molecule has 0 N–H and O–H groups in total. The second-order valence-electron chi connectivity index (χ2n) is 13.1. The SMILES string of the molecule is CCCON1P(OCCC)N=P(OCCC)(OCCC)N(OCCC)P(OCCC)N(OCCC)P(OCCC)N(OCCC)P(OCCC)N(OCCC)P1OCCC. The Morgan fingerprint density at radius 1 is 0.317 bits per heavy atom. The molecule has 1 heterocycles. The first kappa shape index (κ1) is 59.7. The molecule has 0 spiro atoms. The molecule has 0 saturated heterocycles. The van der Waals surface area contributed by atoms with Gasteiger partial charge >= 0.3 is 7.66 Å². The molecule has 360 valence electrons. The lowest BCUT2D eigenvalue weighted by molar-refractivity contribution is -0.106. The van der Waals surface area contributed by atoms with Crippen LogP contribution in [0, 0.1) is 0 Å². The van der Waals surface area contributed by atoms with Crippen LogP contribution < -0.4 is 0 Å². The molecule has 5 unspecified atom stereocenters. The zero-order valence-electron chi connectivity index (χ0n) is 39.2. The summed E-state index contributed by atoms with van der Waals surface area (Å²) in [6, 6.07) is 0. The third kappa shape index (κ3) is 21.1. The first-order chi connectivity index (χ1) is 29.3. The Balaban J connectivity index is 4.95. The van der Waals surface area contributed by atoms with E-state index in [0.717, 1.165) is 44.9 Å². The Hall–Kier alpha value is 1.70. The molecule has 1 rings (SSSR count). The van der Waals surface area contributed by atoms with Gasteiger partial charge in [0.1, 0.15) is 0 Å². The molecule has 1 aliphatic rings. The molecule has 1 aliphatic heterocycles. The minimum absolute atomic E-state index is 0.322. The van der Waals surface area contributed by atoms with Crippen LogP contribution in [0.15, 0.2) is 4.52 Å². The fraction of sp³-hybridized carbons (Fsp3) is 1.00. The lowest BCUT2D eigenvalue weighted by Crippen LogP contribution is -2.36. The van der Waals surface area contributed by atoms with E-state index in [4.69, 9.17) is 60.4 Å². The molecular formula is C36H84N6O12P6. The van der Waals surface area contributed by atoms with Gasteiger partial charge in [-0.3, -0.25) is 24.2 Å². The van der Waals surface area contributed by atoms with E-state index in [1.54, 1.807) is 18.4 Å². The van der Waals surface area contributed by atoms with Crippen molar-refractivity contribution in [2.24, 2.45) is 4.52 Å². The predicted molar refractivity (Wildman–Crippen MR) is 248 cm³/mol. The van der Waals surface area contributed by atoms with Crippen LogP contribution in [0.5, 0.6) is 0 Å². The average Bonchev–Trinajstić information content (AvgIpc) is 3.26. The predicted octanol–water partition coefficient (Wildman–Crippen LogP) is 14.3. The van der Waals surface area contributed by atoms with Gasteiger partial charge < -0.3 is 31.7 Å². The van der Waals surface area contributed by atoms with E-state index >= 15 is 0 Å². The highest BCUT2D eigenvalue weighted by Gasteiger charge is 2.55. The standard InChI is InChI=1S/C36H84N6O12P6/c1-13-25-43-38-55(48-30-18-6)37-60(53-35-23-11,54-36-24-12)42(47-29-17-5)59(52-34-22-10)41(46-28-16-4)58(51-33-21-9)40(45-27-15-3)57(50-32-20-8)39(44-26-14-2)56(38)49-31-19-7/h13-36H2,1-12H3. The molecule has 0 aromatic rings. The molecule has 24 heteroatoms.